The number of β-amino-alcohol motifs (C(OH)–C–C–N with tert-alkyl or cyclic N) is 1. The molecule has 1 atom stereocenters. The first-order chi connectivity index (χ1) is 11.3. The number of anilines is 1. The van der Waals surface area contributed by atoms with Crippen molar-refractivity contribution in [1.29, 1.82) is 0 Å². The summed E-state index contributed by atoms with van der Waals surface area (Å²) in [5.41, 5.74) is 0.803. The molecule has 0 aromatic carbocycles. The van der Waals surface area contributed by atoms with Gasteiger partial charge in [-0.05, 0) is 36.4 Å². The van der Waals surface area contributed by atoms with Crippen molar-refractivity contribution < 1.29 is 9.63 Å². The number of hydrogen-bond acceptors (Lipinski definition) is 7. The molecule has 0 amide bonds. The van der Waals surface area contributed by atoms with E-state index in [1.165, 1.54) is 0 Å². The Bertz CT molecular complexity index is 787. The van der Waals surface area contributed by atoms with E-state index in [-0.39, 0.29) is 6.10 Å². The molecular weight excluding hydrogens is 312 g/mol. The third-order valence-corrected chi connectivity index (χ3v) is 4.75. The number of nitrogens with zero attached hydrogens (tertiary/aromatic N) is 4. The van der Waals surface area contributed by atoms with E-state index in [9.17, 15) is 5.11 Å². The Labute approximate surface area is 137 Å². The summed E-state index contributed by atoms with van der Waals surface area (Å²) in [4.78, 5) is 12.0. The second-order valence-corrected chi connectivity index (χ2v) is 6.46. The van der Waals surface area contributed by atoms with Crippen molar-refractivity contribution in [3.63, 3.8) is 0 Å². The van der Waals surface area contributed by atoms with Crippen LogP contribution in [-0.4, -0.2) is 39.4 Å². The molecule has 1 N–H and O–H groups in total. The number of aliphatic hydroxyl groups excluding tert-OH is 1. The molecule has 0 bridgehead atoms. The Morgan fingerprint density at radius 3 is 3.09 bits per heavy atom. The summed E-state index contributed by atoms with van der Waals surface area (Å²) in [7, 11) is 0. The standard InChI is InChI=1S/C16H16N4O2S/c21-11-4-2-8-20(10-11)15-12(5-1-7-17-15)16-18-14(19-22-16)13-6-3-9-23-13/h1,3,5-7,9,11,21H,2,4,8,10H2. The lowest BCUT2D eigenvalue weighted by Gasteiger charge is -2.31. The highest BCUT2D eigenvalue weighted by molar-refractivity contribution is 7.13. The molecule has 1 aliphatic heterocycles. The van der Waals surface area contributed by atoms with Crippen molar-refractivity contribution in [3.8, 4) is 22.2 Å². The van der Waals surface area contributed by atoms with Crippen molar-refractivity contribution in [2.75, 3.05) is 18.0 Å². The van der Waals surface area contributed by atoms with Gasteiger partial charge < -0.3 is 14.5 Å². The zero-order chi connectivity index (χ0) is 15.6. The highest BCUT2D eigenvalue weighted by Gasteiger charge is 2.23. The molecule has 0 aliphatic carbocycles. The van der Waals surface area contributed by atoms with Gasteiger partial charge in [0.15, 0.2) is 0 Å². The molecule has 6 nitrogen and oxygen atoms in total. The van der Waals surface area contributed by atoms with E-state index in [2.05, 4.69) is 20.0 Å². The van der Waals surface area contributed by atoms with E-state index in [0.29, 0.717) is 18.3 Å². The van der Waals surface area contributed by atoms with Crippen molar-refractivity contribution >= 4 is 17.2 Å². The maximum atomic E-state index is 9.91. The maximum absolute atomic E-state index is 9.91. The average Bonchev–Trinajstić information content (AvgIpc) is 3.26. The molecule has 0 spiro atoms. The zero-order valence-corrected chi connectivity index (χ0v) is 13.2. The van der Waals surface area contributed by atoms with Crippen molar-refractivity contribution in [2.24, 2.45) is 0 Å². The van der Waals surface area contributed by atoms with Crippen LogP contribution in [0.5, 0.6) is 0 Å². The van der Waals surface area contributed by atoms with E-state index in [4.69, 9.17) is 4.52 Å². The lowest BCUT2D eigenvalue weighted by molar-refractivity contribution is 0.154. The van der Waals surface area contributed by atoms with Crippen LogP contribution in [0.25, 0.3) is 22.2 Å². The molecule has 3 aromatic rings. The molecule has 1 fully saturated rings. The number of hydrogen-bond donors (Lipinski definition) is 1. The summed E-state index contributed by atoms with van der Waals surface area (Å²) < 4.78 is 5.45. The van der Waals surface area contributed by atoms with Crippen molar-refractivity contribution in [3.05, 3.63) is 35.8 Å². The second-order valence-electron chi connectivity index (χ2n) is 5.52. The van der Waals surface area contributed by atoms with Gasteiger partial charge in [0.1, 0.15) is 5.82 Å². The minimum Gasteiger partial charge on any atom is -0.391 e. The fourth-order valence-corrected chi connectivity index (χ4v) is 3.45. The number of thiophene rings is 1. The van der Waals surface area contributed by atoms with E-state index in [1.807, 2.05) is 29.6 Å². The molecule has 4 heterocycles. The minimum absolute atomic E-state index is 0.317. The highest BCUT2D eigenvalue weighted by Crippen LogP contribution is 2.31. The van der Waals surface area contributed by atoms with Gasteiger partial charge in [-0.25, -0.2) is 4.98 Å². The van der Waals surface area contributed by atoms with Crippen LogP contribution in [0.1, 0.15) is 12.8 Å². The van der Waals surface area contributed by atoms with Crippen LogP contribution in [0, 0.1) is 0 Å². The predicted octanol–water partition coefficient (Wildman–Crippen LogP) is 2.82. The first-order valence-electron chi connectivity index (χ1n) is 7.57. The molecule has 1 saturated heterocycles. The van der Waals surface area contributed by atoms with Gasteiger partial charge in [0.2, 0.25) is 5.82 Å². The molecule has 0 saturated carbocycles. The van der Waals surface area contributed by atoms with Crippen LogP contribution >= 0.6 is 11.3 Å². The number of aliphatic hydroxyl groups is 1. The molecule has 4 rings (SSSR count). The highest BCUT2D eigenvalue weighted by atomic mass is 32.1. The topological polar surface area (TPSA) is 75.3 Å². The van der Waals surface area contributed by atoms with E-state index < -0.39 is 0 Å². The van der Waals surface area contributed by atoms with Gasteiger partial charge in [0, 0.05) is 19.3 Å². The van der Waals surface area contributed by atoms with Gasteiger partial charge >= 0.3 is 0 Å². The molecular formula is C16H16N4O2S. The molecule has 118 valence electrons. The zero-order valence-electron chi connectivity index (χ0n) is 12.4. The number of rotatable bonds is 3. The van der Waals surface area contributed by atoms with Gasteiger partial charge in [-0.1, -0.05) is 11.2 Å². The molecule has 0 radical (unpaired) electrons. The van der Waals surface area contributed by atoms with Crippen LogP contribution in [0.15, 0.2) is 40.4 Å². The largest absolute Gasteiger partial charge is 0.391 e. The fourth-order valence-electron chi connectivity index (χ4n) is 2.80. The molecule has 1 aliphatic rings. The lowest BCUT2D eigenvalue weighted by Crippen LogP contribution is -2.39. The first-order valence-corrected chi connectivity index (χ1v) is 8.45. The van der Waals surface area contributed by atoms with E-state index in [1.54, 1.807) is 17.5 Å². The normalized spacial score (nSPS) is 18.3. The van der Waals surface area contributed by atoms with Gasteiger partial charge in [-0.2, -0.15) is 4.98 Å². The third-order valence-electron chi connectivity index (χ3n) is 3.88. The second kappa shape index (κ2) is 6.10. The van der Waals surface area contributed by atoms with Crippen LogP contribution in [0.2, 0.25) is 0 Å². The van der Waals surface area contributed by atoms with E-state index in [0.717, 1.165) is 35.6 Å². The Kier molecular flexibility index (Phi) is 3.80. The fraction of sp³-hybridized carbons (Fsp3) is 0.312. The monoisotopic (exact) mass is 328 g/mol. The summed E-state index contributed by atoms with van der Waals surface area (Å²) in [6.07, 6.45) is 3.21. The summed E-state index contributed by atoms with van der Waals surface area (Å²) in [6, 6.07) is 7.70. The number of pyridine rings is 1. The first kappa shape index (κ1) is 14.3. The SMILES string of the molecule is OC1CCCN(c2ncccc2-c2nc(-c3cccs3)no2)C1. The van der Waals surface area contributed by atoms with E-state index >= 15 is 0 Å². The summed E-state index contributed by atoms with van der Waals surface area (Å²) in [5, 5.41) is 16.0. The van der Waals surface area contributed by atoms with Gasteiger partial charge in [-0.3, -0.25) is 0 Å². The average molecular weight is 328 g/mol. The molecule has 1 unspecified atom stereocenters. The molecule has 23 heavy (non-hydrogen) atoms. The van der Waals surface area contributed by atoms with Crippen LogP contribution in [-0.2, 0) is 0 Å². The van der Waals surface area contributed by atoms with Gasteiger partial charge in [0.05, 0.1) is 16.5 Å². The minimum atomic E-state index is -0.317. The van der Waals surface area contributed by atoms with Crippen LogP contribution in [0.4, 0.5) is 5.82 Å². The Balaban J connectivity index is 1.69. The Morgan fingerprint density at radius 2 is 2.26 bits per heavy atom. The molecule has 7 heteroatoms. The molecule has 3 aromatic heterocycles. The maximum Gasteiger partial charge on any atom is 0.262 e. The summed E-state index contributed by atoms with van der Waals surface area (Å²) in [6.45, 7) is 1.45. The quantitative estimate of drug-likeness (QED) is 0.797. The van der Waals surface area contributed by atoms with Crippen LogP contribution < -0.4 is 4.90 Å². The summed E-state index contributed by atoms with van der Waals surface area (Å²) in [5.74, 6) is 1.83. The smallest absolute Gasteiger partial charge is 0.262 e. The number of piperidine rings is 1. The Hall–Kier alpha value is -2.25. The number of aromatic nitrogens is 3. The predicted molar refractivity (Wildman–Crippen MR) is 88.3 cm³/mol. The Morgan fingerprint density at radius 1 is 1.30 bits per heavy atom. The lowest BCUT2D eigenvalue weighted by atomic mass is 10.1. The van der Waals surface area contributed by atoms with Crippen molar-refractivity contribution in [1.82, 2.24) is 15.1 Å². The van der Waals surface area contributed by atoms with Gasteiger partial charge in [-0.15, -0.1) is 11.3 Å². The van der Waals surface area contributed by atoms with Gasteiger partial charge in [0.25, 0.3) is 5.89 Å². The van der Waals surface area contributed by atoms with Crippen molar-refractivity contribution in [2.45, 2.75) is 18.9 Å². The third kappa shape index (κ3) is 2.85. The van der Waals surface area contributed by atoms with Crippen LogP contribution in [0.3, 0.4) is 0 Å². The summed E-state index contributed by atoms with van der Waals surface area (Å²) >= 11 is 1.57.